The van der Waals surface area contributed by atoms with Gasteiger partial charge in [0, 0.05) is 18.3 Å². The lowest BCUT2D eigenvalue weighted by molar-refractivity contribution is 0.0952. The second-order valence-corrected chi connectivity index (χ2v) is 7.16. The Bertz CT molecular complexity index is 1030. The molecule has 1 amide bonds. The minimum absolute atomic E-state index is 0.155. The van der Waals surface area contributed by atoms with E-state index in [2.05, 4.69) is 30.3 Å². The summed E-state index contributed by atoms with van der Waals surface area (Å²) in [5.74, 6) is 0.0266. The van der Waals surface area contributed by atoms with Crippen LogP contribution in [0.15, 0.2) is 36.5 Å². The van der Waals surface area contributed by atoms with Crippen LogP contribution < -0.4 is 5.32 Å². The average Bonchev–Trinajstić information content (AvgIpc) is 3.09. The molecule has 0 spiro atoms. The summed E-state index contributed by atoms with van der Waals surface area (Å²) in [5, 5.41) is 17.1. The Morgan fingerprint density at radius 1 is 1.26 bits per heavy atom. The second-order valence-electron chi connectivity index (χ2n) is 7.16. The van der Waals surface area contributed by atoms with Crippen molar-refractivity contribution in [2.45, 2.75) is 46.2 Å². The molecule has 0 bridgehead atoms. The lowest BCUT2D eigenvalue weighted by atomic mass is 10.0. The summed E-state index contributed by atoms with van der Waals surface area (Å²) in [6.45, 7) is 8.54. The molecule has 138 valence electrons. The Balaban J connectivity index is 1.94. The van der Waals surface area contributed by atoms with Gasteiger partial charge in [0.1, 0.15) is 0 Å². The van der Waals surface area contributed by atoms with Crippen molar-refractivity contribution in [2.24, 2.45) is 0 Å². The van der Waals surface area contributed by atoms with Crippen LogP contribution in [0.4, 0.5) is 0 Å². The maximum Gasteiger partial charge on any atom is 0.252 e. The van der Waals surface area contributed by atoms with E-state index in [1.807, 2.05) is 36.7 Å². The highest BCUT2D eigenvalue weighted by Crippen LogP contribution is 2.24. The molecule has 1 aromatic carbocycles. The van der Waals surface area contributed by atoms with Crippen LogP contribution in [0.5, 0.6) is 0 Å². The van der Waals surface area contributed by atoms with Gasteiger partial charge in [0.2, 0.25) is 0 Å². The van der Waals surface area contributed by atoms with E-state index in [1.165, 1.54) is 0 Å². The molecule has 1 N–H and O–H groups in total. The summed E-state index contributed by atoms with van der Waals surface area (Å²) in [6.07, 6.45) is 1.71. The first-order valence-electron chi connectivity index (χ1n) is 9.06. The van der Waals surface area contributed by atoms with E-state index >= 15 is 0 Å². The van der Waals surface area contributed by atoms with Crippen molar-refractivity contribution >= 4 is 16.9 Å². The molecule has 0 aliphatic heterocycles. The number of benzene rings is 1. The second kappa shape index (κ2) is 7.58. The van der Waals surface area contributed by atoms with E-state index in [0.717, 1.165) is 22.3 Å². The number of rotatable bonds is 5. The van der Waals surface area contributed by atoms with Crippen molar-refractivity contribution in [1.82, 2.24) is 20.1 Å². The summed E-state index contributed by atoms with van der Waals surface area (Å²) < 4.78 is 1.84. The van der Waals surface area contributed by atoms with Gasteiger partial charge in [0.15, 0.2) is 5.65 Å². The van der Waals surface area contributed by atoms with Gasteiger partial charge in [-0.3, -0.25) is 4.79 Å². The van der Waals surface area contributed by atoms with Gasteiger partial charge in [-0.2, -0.15) is 10.4 Å². The molecule has 0 aliphatic rings. The van der Waals surface area contributed by atoms with E-state index in [9.17, 15) is 4.79 Å². The smallest absolute Gasteiger partial charge is 0.252 e. The number of hydrogen-bond acceptors (Lipinski definition) is 4. The van der Waals surface area contributed by atoms with Crippen molar-refractivity contribution in [1.29, 1.82) is 5.26 Å². The number of carbonyl (C=O) groups excluding carboxylic acids is 1. The standard InChI is InChI=1S/C21H23N5O/c1-13(2)19-9-17(18-12-24-26(14(3)4)20(18)25-19)21(27)23-11-16-7-5-6-15(8-16)10-22/h5-9,12-14H,11H2,1-4H3,(H,23,27). The molecule has 3 aromatic rings. The topological polar surface area (TPSA) is 83.6 Å². The van der Waals surface area contributed by atoms with Gasteiger partial charge in [0.05, 0.1) is 28.8 Å². The number of carbonyl (C=O) groups is 1. The Labute approximate surface area is 158 Å². The highest BCUT2D eigenvalue weighted by molar-refractivity contribution is 6.05. The van der Waals surface area contributed by atoms with Crippen molar-refractivity contribution in [2.75, 3.05) is 0 Å². The van der Waals surface area contributed by atoms with Crippen LogP contribution in [-0.2, 0) is 6.54 Å². The molecule has 0 saturated carbocycles. The Morgan fingerprint density at radius 3 is 2.70 bits per heavy atom. The summed E-state index contributed by atoms with van der Waals surface area (Å²) in [6, 6.07) is 11.3. The number of fused-ring (bicyclic) bond motifs is 1. The molecule has 0 unspecified atom stereocenters. The number of aromatic nitrogens is 3. The van der Waals surface area contributed by atoms with Gasteiger partial charge in [0.25, 0.3) is 5.91 Å². The van der Waals surface area contributed by atoms with Crippen LogP contribution in [0.25, 0.3) is 11.0 Å². The first-order chi connectivity index (χ1) is 12.9. The minimum Gasteiger partial charge on any atom is -0.348 e. The minimum atomic E-state index is -0.171. The SMILES string of the molecule is CC(C)c1cc(C(=O)NCc2cccc(C#N)c2)c2cnn(C(C)C)c2n1. The molecule has 0 aliphatic carbocycles. The Morgan fingerprint density at radius 2 is 2.04 bits per heavy atom. The maximum absolute atomic E-state index is 12.9. The van der Waals surface area contributed by atoms with Crippen LogP contribution in [0, 0.1) is 11.3 Å². The fourth-order valence-electron chi connectivity index (χ4n) is 2.93. The Hall–Kier alpha value is -3.20. The van der Waals surface area contributed by atoms with Crippen molar-refractivity contribution in [3.05, 3.63) is 58.9 Å². The molecule has 0 saturated heterocycles. The van der Waals surface area contributed by atoms with Gasteiger partial charge in [-0.15, -0.1) is 0 Å². The van der Waals surface area contributed by atoms with Crippen LogP contribution in [0.3, 0.4) is 0 Å². The first-order valence-corrected chi connectivity index (χ1v) is 9.06. The zero-order valence-corrected chi connectivity index (χ0v) is 16.0. The lowest BCUT2D eigenvalue weighted by Crippen LogP contribution is -2.23. The average molecular weight is 361 g/mol. The monoisotopic (exact) mass is 361 g/mol. The van der Waals surface area contributed by atoms with Crippen LogP contribution in [0.1, 0.15) is 66.8 Å². The zero-order valence-electron chi connectivity index (χ0n) is 16.0. The van der Waals surface area contributed by atoms with Gasteiger partial charge >= 0.3 is 0 Å². The quantitative estimate of drug-likeness (QED) is 0.746. The third-order valence-corrected chi connectivity index (χ3v) is 4.42. The highest BCUT2D eigenvalue weighted by atomic mass is 16.1. The molecular weight excluding hydrogens is 338 g/mol. The molecule has 2 aromatic heterocycles. The van der Waals surface area contributed by atoms with E-state index in [-0.39, 0.29) is 17.9 Å². The summed E-state index contributed by atoms with van der Waals surface area (Å²) in [4.78, 5) is 17.6. The molecule has 0 atom stereocenters. The molecular formula is C21H23N5O. The number of nitrogens with zero attached hydrogens (tertiary/aromatic N) is 4. The molecule has 6 heteroatoms. The number of amides is 1. The molecule has 0 fully saturated rings. The molecule has 3 rings (SSSR count). The van der Waals surface area contributed by atoms with Gasteiger partial charge in [-0.25, -0.2) is 9.67 Å². The van der Waals surface area contributed by atoms with Crippen molar-refractivity contribution in [3.8, 4) is 6.07 Å². The predicted molar refractivity (Wildman–Crippen MR) is 104 cm³/mol. The summed E-state index contributed by atoms with van der Waals surface area (Å²) in [7, 11) is 0. The highest BCUT2D eigenvalue weighted by Gasteiger charge is 2.18. The fourth-order valence-corrected chi connectivity index (χ4v) is 2.93. The fraction of sp³-hybridized carbons (Fsp3) is 0.333. The van der Waals surface area contributed by atoms with Crippen molar-refractivity contribution < 1.29 is 4.79 Å². The molecule has 6 nitrogen and oxygen atoms in total. The molecule has 27 heavy (non-hydrogen) atoms. The summed E-state index contributed by atoms with van der Waals surface area (Å²) in [5.41, 5.74) is 3.63. The number of hydrogen-bond donors (Lipinski definition) is 1. The summed E-state index contributed by atoms with van der Waals surface area (Å²) >= 11 is 0. The van der Waals surface area contributed by atoms with E-state index in [0.29, 0.717) is 17.7 Å². The third kappa shape index (κ3) is 3.82. The number of pyridine rings is 1. The van der Waals surface area contributed by atoms with E-state index in [1.54, 1.807) is 18.3 Å². The lowest BCUT2D eigenvalue weighted by Gasteiger charge is -2.12. The van der Waals surface area contributed by atoms with Gasteiger partial charge in [-0.05, 0) is 43.5 Å². The Kier molecular flexibility index (Phi) is 5.22. The third-order valence-electron chi connectivity index (χ3n) is 4.42. The van der Waals surface area contributed by atoms with Crippen LogP contribution in [0.2, 0.25) is 0 Å². The van der Waals surface area contributed by atoms with Crippen LogP contribution >= 0.6 is 0 Å². The molecule has 0 radical (unpaired) electrons. The van der Waals surface area contributed by atoms with Gasteiger partial charge < -0.3 is 5.32 Å². The van der Waals surface area contributed by atoms with Crippen LogP contribution in [-0.4, -0.2) is 20.7 Å². The first kappa shape index (κ1) is 18.6. The predicted octanol–water partition coefficient (Wildman–Crippen LogP) is 3.94. The number of nitrogens with one attached hydrogen (secondary N) is 1. The normalized spacial score (nSPS) is 11.1. The number of nitriles is 1. The van der Waals surface area contributed by atoms with Gasteiger partial charge in [-0.1, -0.05) is 26.0 Å². The van der Waals surface area contributed by atoms with E-state index in [4.69, 9.17) is 10.2 Å². The molecule has 2 heterocycles. The largest absolute Gasteiger partial charge is 0.348 e. The van der Waals surface area contributed by atoms with Crippen molar-refractivity contribution in [3.63, 3.8) is 0 Å². The zero-order chi connectivity index (χ0) is 19.6. The maximum atomic E-state index is 12.9. The van der Waals surface area contributed by atoms with E-state index < -0.39 is 0 Å².